The van der Waals surface area contributed by atoms with E-state index in [0.29, 0.717) is 6.42 Å². The van der Waals surface area contributed by atoms with Crippen LogP contribution in [-0.4, -0.2) is 49.3 Å². The zero-order valence-electron chi connectivity index (χ0n) is 31.0. The van der Waals surface area contributed by atoms with E-state index in [1.54, 1.807) is 0 Å². The van der Waals surface area contributed by atoms with Gasteiger partial charge in [-0.15, -0.1) is 0 Å². The Morgan fingerprint density at radius 3 is 1.48 bits per heavy atom. The number of allylic oxidation sites excluding steroid dienone is 2. The molecule has 2 unspecified atom stereocenters. The Balaban J connectivity index is 4.14. The molecule has 0 bridgehead atoms. The molecule has 0 aromatic rings. The average molecular weight is 704 g/mol. The van der Waals surface area contributed by atoms with E-state index in [2.05, 4.69) is 26.0 Å². The number of phosphoric acid groups is 1. The van der Waals surface area contributed by atoms with E-state index in [9.17, 15) is 19.0 Å². The zero-order chi connectivity index (χ0) is 35.4. The van der Waals surface area contributed by atoms with Crippen LogP contribution in [0.5, 0.6) is 0 Å². The van der Waals surface area contributed by atoms with Crippen molar-refractivity contribution >= 4 is 19.8 Å². The van der Waals surface area contributed by atoms with Gasteiger partial charge < -0.3 is 20.1 Å². The average Bonchev–Trinajstić information content (AvgIpc) is 3.07. The minimum atomic E-state index is -4.36. The normalized spacial score (nSPS) is 13.5. The van der Waals surface area contributed by atoms with Crippen molar-refractivity contribution in [3.8, 4) is 0 Å². The van der Waals surface area contributed by atoms with Gasteiger partial charge in [-0.2, -0.15) is 0 Å². The number of hydrogen-bond acceptors (Lipinski definition) is 8. The third-order valence-corrected chi connectivity index (χ3v) is 9.39. The molecule has 2 atom stereocenters. The summed E-state index contributed by atoms with van der Waals surface area (Å²) in [7, 11) is -4.36. The fourth-order valence-electron chi connectivity index (χ4n) is 5.45. The highest BCUT2D eigenvalue weighted by molar-refractivity contribution is 7.47. The second-order valence-corrected chi connectivity index (χ2v) is 14.6. The van der Waals surface area contributed by atoms with E-state index >= 15 is 0 Å². The van der Waals surface area contributed by atoms with Gasteiger partial charge in [0.15, 0.2) is 6.10 Å². The number of hydrogen-bond donors (Lipinski definition) is 2. The molecule has 0 aromatic heterocycles. The van der Waals surface area contributed by atoms with Crippen molar-refractivity contribution in [2.24, 2.45) is 5.73 Å². The molecule has 0 aliphatic carbocycles. The maximum atomic E-state index is 12.5. The van der Waals surface area contributed by atoms with Crippen LogP contribution < -0.4 is 5.73 Å². The van der Waals surface area contributed by atoms with Crippen molar-refractivity contribution in [1.82, 2.24) is 0 Å². The summed E-state index contributed by atoms with van der Waals surface area (Å²) in [6.07, 6.45) is 33.9. The van der Waals surface area contributed by atoms with Crippen LogP contribution in [0.15, 0.2) is 12.2 Å². The summed E-state index contributed by atoms with van der Waals surface area (Å²) in [6, 6.07) is 0. The molecule has 0 radical (unpaired) electrons. The maximum absolute atomic E-state index is 12.5. The minimum Gasteiger partial charge on any atom is -0.462 e. The molecular weight excluding hydrogens is 629 g/mol. The van der Waals surface area contributed by atoms with Gasteiger partial charge in [-0.05, 0) is 38.5 Å². The number of carbonyl (C=O) groups excluding carboxylic acids is 2. The molecule has 0 fully saturated rings. The Labute approximate surface area is 294 Å². The smallest absolute Gasteiger partial charge is 0.462 e. The van der Waals surface area contributed by atoms with Gasteiger partial charge in [-0.25, -0.2) is 4.57 Å². The van der Waals surface area contributed by atoms with Gasteiger partial charge >= 0.3 is 19.8 Å². The van der Waals surface area contributed by atoms with Crippen LogP contribution in [0.1, 0.15) is 187 Å². The highest BCUT2D eigenvalue weighted by Gasteiger charge is 2.25. The Morgan fingerprint density at radius 1 is 0.604 bits per heavy atom. The Hall–Kier alpha value is -1.25. The fourth-order valence-corrected chi connectivity index (χ4v) is 6.22. The summed E-state index contributed by atoms with van der Waals surface area (Å²) in [6.45, 7) is 3.71. The van der Waals surface area contributed by atoms with Crippen LogP contribution in [-0.2, 0) is 32.7 Å². The van der Waals surface area contributed by atoms with Crippen LogP contribution >= 0.6 is 7.82 Å². The summed E-state index contributed by atoms with van der Waals surface area (Å²) in [5, 5.41) is 0. The number of ether oxygens (including phenoxy) is 2. The number of phosphoric ester groups is 1. The second kappa shape index (κ2) is 35.6. The number of rotatable bonds is 37. The van der Waals surface area contributed by atoms with Gasteiger partial charge in [0.05, 0.1) is 13.2 Å². The predicted molar refractivity (Wildman–Crippen MR) is 197 cm³/mol. The highest BCUT2D eigenvalue weighted by Crippen LogP contribution is 2.43. The monoisotopic (exact) mass is 704 g/mol. The summed E-state index contributed by atoms with van der Waals surface area (Å²) in [5.41, 5.74) is 5.33. The molecule has 0 rings (SSSR count). The predicted octanol–water partition coefficient (Wildman–Crippen LogP) is 10.7. The van der Waals surface area contributed by atoms with E-state index in [4.69, 9.17) is 24.3 Å². The first-order valence-corrected chi connectivity index (χ1v) is 21.2. The molecule has 10 heteroatoms. The van der Waals surface area contributed by atoms with Gasteiger partial charge in [0.2, 0.25) is 0 Å². The van der Waals surface area contributed by atoms with Crippen LogP contribution in [0.25, 0.3) is 0 Å². The third kappa shape index (κ3) is 34.6. The zero-order valence-corrected chi connectivity index (χ0v) is 31.9. The molecule has 0 aliphatic rings. The first-order chi connectivity index (χ1) is 23.3. The lowest BCUT2D eigenvalue weighted by atomic mass is 10.1. The molecule has 0 amide bonds. The topological polar surface area (TPSA) is 134 Å². The SMILES string of the molecule is CCCCCCCCC/C=C\CCCCCCCCCC(=O)OC(COC(=O)CCCCCCCCCCC)COP(=O)(O)OCCN. The van der Waals surface area contributed by atoms with Crippen LogP contribution in [0.4, 0.5) is 0 Å². The Morgan fingerprint density at radius 2 is 1.02 bits per heavy atom. The van der Waals surface area contributed by atoms with Gasteiger partial charge in [0.1, 0.15) is 6.61 Å². The summed E-state index contributed by atoms with van der Waals surface area (Å²) in [5.74, 6) is -0.831. The molecule has 0 saturated carbocycles. The molecule has 9 nitrogen and oxygen atoms in total. The molecule has 0 saturated heterocycles. The lowest BCUT2D eigenvalue weighted by molar-refractivity contribution is -0.161. The Bertz CT molecular complexity index is 810. The lowest BCUT2D eigenvalue weighted by Gasteiger charge is -2.19. The van der Waals surface area contributed by atoms with Crippen molar-refractivity contribution < 1.29 is 37.6 Å². The quantitative estimate of drug-likeness (QED) is 0.0280. The fraction of sp³-hybridized carbons (Fsp3) is 0.895. The maximum Gasteiger partial charge on any atom is 0.472 e. The standard InChI is InChI=1S/C38H74NO8P/c1-3-5-7-9-11-13-14-15-16-17-18-19-20-21-23-25-27-29-31-38(41)47-36(35-46-48(42,43)45-33-32-39)34-44-37(40)30-28-26-24-22-12-10-8-6-4-2/h16-17,36H,3-15,18-35,39H2,1-2H3,(H,42,43)/b17-16-. The van der Waals surface area contributed by atoms with E-state index in [1.807, 2.05) is 0 Å². The molecule has 48 heavy (non-hydrogen) atoms. The second-order valence-electron chi connectivity index (χ2n) is 13.2. The van der Waals surface area contributed by atoms with Crippen LogP contribution in [0.2, 0.25) is 0 Å². The van der Waals surface area contributed by atoms with Crippen molar-refractivity contribution in [3.63, 3.8) is 0 Å². The molecule has 0 aromatic carbocycles. The van der Waals surface area contributed by atoms with Gasteiger partial charge in [-0.1, -0.05) is 148 Å². The first kappa shape index (κ1) is 46.8. The molecule has 0 spiro atoms. The van der Waals surface area contributed by atoms with Crippen LogP contribution in [0, 0.1) is 0 Å². The number of esters is 2. The molecule has 3 N–H and O–H groups in total. The van der Waals surface area contributed by atoms with Gasteiger partial charge in [-0.3, -0.25) is 18.6 Å². The van der Waals surface area contributed by atoms with E-state index < -0.39 is 26.5 Å². The summed E-state index contributed by atoms with van der Waals surface area (Å²) >= 11 is 0. The van der Waals surface area contributed by atoms with Crippen molar-refractivity contribution in [2.75, 3.05) is 26.4 Å². The number of carbonyl (C=O) groups is 2. The first-order valence-electron chi connectivity index (χ1n) is 19.7. The Kier molecular flexibility index (Phi) is 34.6. The van der Waals surface area contributed by atoms with Crippen molar-refractivity contribution in [1.29, 1.82) is 0 Å². The molecular formula is C38H74NO8P. The lowest BCUT2D eigenvalue weighted by Crippen LogP contribution is -2.29. The summed E-state index contributed by atoms with van der Waals surface area (Å²) in [4.78, 5) is 34.6. The molecule has 0 aliphatic heterocycles. The summed E-state index contributed by atoms with van der Waals surface area (Å²) < 4.78 is 32.6. The number of unbranched alkanes of at least 4 members (excludes halogenated alkanes) is 22. The van der Waals surface area contributed by atoms with E-state index in [1.165, 1.54) is 109 Å². The minimum absolute atomic E-state index is 0.0551. The van der Waals surface area contributed by atoms with Crippen LogP contribution in [0.3, 0.4) is 0 Å². The van der Waals surface area contributed by atoms with E-state index in [-0.39, 0.29) is 38.6 Å². The highest BCUT2D eigenvalue weighted by atomic mass is 31.2. The van der Waals surface area contributed by atoms with Gasteiger partial charge in [0.25, 0.3) is 0 Å². The van der Waals surface area contributed by atoms with Gasteiger partial charge in [0, 0.05) is 19.4 Å². The van der Waals surface area contributed by atoms with E-state index in [0.717, 1.165) is 44.9 Å². The van der Waals surface area contributed by atoms with Crippen molar-refractivity contribution in [2.45, 2.75) is 193 Å². The third-order valence-electron chi connectivity index (χ3n) is 8.40. The molecule has 284 valence electrons. The van der Waals surface area contributed by atoms with Crippen molar-refractivity contribution in [3.05, 3.63) is 12.2 Å². The molecule has 0 heterocycles. The largest absolute Gasteiger partial charge is 0.472 e. The number of nitrogens with two attached hydrogens (primary N) is 1.